The van der Waals surface area contributed by atoms with Gasteiger partial charge >= 0.3 is 6.09 Å². The van der Waals surface area contributed by atoms with E-state index in [9.17, 15) is 4.79 Å². The van der Waals surface area contributed by atoms with Gasteiger partial charge in [-0.05, 0) is 27.2 Å². The van der Waals surface area contributed by atoms with E-state index >= 15 is 0 Å². The van der Waals surface area contributed by atoms with Gasteiger partial charge in [-0.25, -0.2) is 4.79 Å². The van der Waals surface area contributed by atoms with Crippen LogP contribution in [0.25, 0.3) is 0 Å². The fraction of sp³-hybridized carbons (Fsp3) is 0.750. The lowest BCUT2D eigenvalue weighted by molar-refractivity contribution is -0.00805. The summed E-state index contributed by atoms with van der Waals surface area (Å²) in [7, 11) is 3.67. The number of aromatic nitrogens is 2. The molecule has 0 spiro atoms. The Kier molecular flexibility index (Phi) is 8.31. The normalized spacial score (nSPS) is 19.0. The van der Waals surface area contributed by atoms with Gasteiger partial charge in [0.05, 0.1) is 19.3 Å². The number of morpholine rings is 1. The molecule has 0 aliphatic carbocycles. The molecule has 9 heteroatoms. The minimum atomic E-state index is -0.514. The number of rotatable bonds is 6. The second-order valence-electron chi connectivity index (χ2n) is 8.31. The number of aryl methyl sites for hydroxylation is 1. The van der Waals surface area contributed by atoms with Crippen LogP contribution >= 0.6 is 0 Å². The van der Waals surface area contributed by atoms with E-state index in [0.717, 1.165) is 30.9 Å². The predicted octanol–water partition coefficient (Wildman–Crippen LogP) is 2.06. The number of guanidine groups is 1. The van der Waals surface area contributed by atoms with Gasteiger partial charge in [-0.1, -0.05) is 13.3 Å². The summed E-state index contributed by atoms with van der Waals surface area (Å²) in [6.07, 6.45) is 5.20. The van der Waals surface area contributed by atoms with Crippen molar-refractivity contribution in [2.75, 3.05) is 33.3 Å². The van der Waals surface area contributed by atoms with Crippen LogP contribution in [0.5, 0.6) is 0 Å². The van der Waals surface area contributed by atoms with Gasteiger partial charge in [0.25, 0.3) is 0 Å². The predicted molar refractivity (Wildman–Crippen MR) is 113 cm³/mol. The van der Waals surface area contributed by atoms with E-state index < -0.39 is 11.7 Å². The molecule has 0 bridgehead atoms. The highest BCUT2D eigenvalue weighted by Gasteiger charge is 2.26. The maximum absolute atomic E-state index is 12.1. The van der Waals surface area contributed by atoms with E-state index in [0.29, 0.717) is 19.7 Å². The molecule has 2 N–H and O–H groups in total. The van der Waals surface area contributed by atoms with E-state index in [1.807, 2.05) is 40.2 Å². The lowest BCUT2D eigenvalue weighted by Crippen LogP contribution is -2.52. The van der Waals surface area contributed by atoms with Crippen LogP contribution in [0.15, 0.2) is 17.4 Å². The molecule has 9 nitrogen and oxygen atoms in total. The van der Waals surface area contributed by atoms with E-state index in [2.05, 4.69) is 32.5 Å². The lowest BCUT2D eigenvalue weighted by atomic mass is 10.1. The summed E-state index contributed by atoms with van der Waals surface area (Å²) in [5, 5.41) is 10.6. The highest BCUT2D eigenvalue weighted by Crippen LogP contribution is 2.21. The minimum Gasteiger partial charge on any atom is -0.444 e. The number of hydrogen-bond acceptors (Lipinski definition) is 5. The first-order valence-corrected chi connectivity index (χ1v) is 10.3. The van der Waals surface area contributed by atoms with Gasteiger partial charge in [0, 0.05) is 45.0 Å². The number of nitrogens with one attached hydrogen (secondary N) is 2. The third-order valence-electron chi connectivity index (χ3n) is 4.54. The van der Waals surface area contributed by atoms with Crippen LogP contribution in [0.2, 0.25) is 0 Å². The quantitative estimate of drug-likeness (QED) is 0.553. The average molecular weight is 409 g/mol. The Morgan fingerprint density at radius 3 is 2.83 bits per heavy atom. The lowest BCUT2D eigenvalue weighted by Gasteiger charge is -2.35. The van der Waals surface area contributed by atoms with Gasteiger partial charge in [-0.2, -0.15) is 5.10 Å². The third-order valence-corrected chi connectivity index (χ3v) is 4.54. The van der Waals surface area contributed by atoms with E-state index in [1.165, 1.54) is 0 Å². The maximum Gasteiger partial charge on any atom is 0.407 e. The standard InChI is InChI=1S/C20H36N6O3/c1-7-8-16(24-19(27)29-20(2,3)4)12-22-18(21-5)26-9-10-28-17(14-26)15-11-23-25(6)13-15/h11,13,16-17H,7-10,12,14H2,1-6H3,(H,21,22)(H,24,27). The Bertz CT molecular complexity index is 682. The third kappa shape index (κ3) is 7.56. The zero-order valence-electron chi connectivity index (χ0n) is 18.6. The molecule has 2 rings (SSSR count). The highest BCUT2D eigenvalue weighted by atomic mass is 16.6. The largest absolute Gasteiger partial charge is 0.444 e. The van der Waals surface area contributed by atoms with E-state index in [-0.39, 0.29) is 12.1 Å². The Morgan fingerprint density at radius 2 is 2.24 bits per heavy atom. The number of amides is 1. The molecule has 29 heavy (non-hydrogen) atoms. The summed E-state index contributed by atoms with van der Waals surface area (Å²) in [5.74, 6) is 0.800. The number of aliphatic imine (C=N–C) groups is 1. The van der Waals surface area contributed by atoms with Crippen molar-refractivity contribution in [1.82, 2.24) is 25.3 Å². The summed E-state index contributed by atoms with van der Waals surface area (Å²) < 4.78 is 13.1. The van der Waals surface area contributed by atoms with Crippen molar-refractivity contribution < 1.29 is 14.3 Å². The number of carbonyl (C=O) groups excluding carboxylic acids is 1. The monoisotopic (exact) mass is 408 g/mol. The van der Waals surface area contributed by atoms with Crippen LogP contribution < -0.4 is 10.6 Å². The highest BCUT2D eigenvalue weighted by molar-refractivity contribution is 5.80. The van der Waals surface area contributed by atoms with Gasteiger partial charge in [0.2, 0.25) is 0 Å². The molecule has 164 valence electrons. The van der Waals surface area contributed by atoms with E-state index in [1.54, 1.807) is 11.7 Å². The summed E-state index contributed by atoms with van der Waals surface area (Å²) in [6.45, 7) is 10.3. The molecule has 2 atom stereocenters. The van der Waals surface area contributed by atoms with Crippen molar-refractivity contribution >= 4 is 12.1 Å². The Hall–Kier alpha value is -2.29. The Labute approximate surface area is 173 Å². The molecular formula is C20H36N6O3. The fourth-order valence-corrected chi connectivity index (χ4v) is 3.24. The molecule has 2 unspecified atom stereocenters. The maximum atomic E-state index is 12.1. The van der Waals surface area contributed by atoms with Crippen molar-refractivity contribution in [1.29, 1.82) is 0 Å². The molecule has 1 aliphatic rings. The molecule has 0 aromatic carbocycles. The molecular weight excluding hydrogens is 372 g/mol. The molecule has 1 aromatic heterocycles. The summed E-state index contributed by atoms with van der Waals surface area (Å²) in [5.41, 5.74) is 0.544. The van der Waals surface area contributed by atoms with Crippen LogP contribution in [0, 0.1) is 0 Å². The van der Waals surface area contributed by atoms with Crippen LogP contribution in [0.1, 0.15) is 52.2 Å². The minimum absolute atomic E-state index is 0.0395. The molecule has 2 heterocycles. The van der Waals surface area contributed by atoms with Crippen molar-refractivity contribution in [3.05, 3.63) is 18.0 Å². The summed E-state index contributed by atoms with van der Waals surface area (Å²) in [6, 6.07) is -0.0400. The number of ether oxygens (including phenoxy) is 2. The number of nitrogens with zero attached hydrogens (tertiary/aromatic N) is 4. The molecule has 1 fully saturated rings. The molecule has 0 radical (unpaired) electrons. The molecule has 1 saturated heterocycles. The molecule has 0 saturated carbocycles. The van der Waals surface area contributed by atoms with E-state index in [4.69, 9.17) is 9.47 Å². The van der Waals surface area contributed by atoms with Crippen LogP contribution in [-0.4, -0.2) is 71.7 Å². The van der Waals surface area contributed by atoms with Crippen molar-refractivity contribution in [2.45, 2.75) is 58.3 Å². The van der Waals surface area contributed by atoms with Gasteiger partial charge < -0.3 is 25.0 Å². The van der Waals surface area contributed by atoms with Crippen molar-refractivity contribution in [2.24, 2.45) is 12.0 Å². The average Bonchev–Trinajstić information content (AvgIpc) is 3.07. The first kappa shape index (κ1) is 23.0. The zero-order chi connectivity index (χ0) is 21.4. The summed E-state index contributed by atoms with van der Waals surface area (Å²) >= 11 is 0. The molecule has 1 aromatic rings. The SMILES string of the molecule is CCCC(CNC(=NC)N1CCOC(c2cnn(C)c2)C1)NC(=O)OC(C)(C)C. The van der Waals surface area contributed by atoms with Gasteiger partial charge in [0.15, 0.2) is 5.96 Å². The van der Waals surface area contributed by atoms with Crippen molar-refractivity contribution in [3.8, 4) is 0 Å². The zero-order valence-corrected chi connectivity index (χ0v) is 18.6. The molecule has 1 aliphatic heterocycles. The fourth-order valence-electron chi connectivity index (χ4n) is 3.24. The smallest absolute Gasteiger partial charge is 0.407 e. The van der Waals surface area contributed by atoms with Gasteiger partial charge in [-0.15, -0.1) is 0 Å². The van der Waals surface area contributed by atoms with Crippen LogP contribution in [0.4, 0.5) is 4.79 Å². The van der Waals surface area contributed by atoms with Gasteiger partial charge in [0.1, 0.15) is 11.7 Å². The Morgan fingerprint density at radius 1 is 1.48 bits per heavy atom. The second kappa shape index (κ2) is 10.5. The van der Waals surface area contributed by atoms with Gasteiger partial charge in [-0.3, -0.25) is 9.67 Å². The van der Waals surface area contributed by atoms with Crippen LogP contribution in [0.3, 0.4) is 0 Å². The van der Waals surface area contributed by atoms with Crippen molar-refractivity contribution in [3.63, 3.8) is 0 Å². The number of carbonyl (C=O) groups is 1. The number of alkyl carbamates (subject to hydrolysis) is 1. The molecule has 1 amide bonds. The number of hydrogen-bond donors (Lipinski definition) is 2. The summed E-state index contributed by atoms with van der Waals surface area (Å²) in [4.78, 5) is 18.7. The van der Waals surface area contributed by atoms with Crippen LogP contribution in [-0.2, 0) is 16.5 Å². The second-order valence-corrected chi connectivity index (χ2v) is 8.31. The topological polar surface area (TPSA) is 93.0 Å². The Balaban J connectivity index is 1.92. The first-order valence-electron chi connectivity index (χ1n) is 10.3. The first-order chi connectivity index (χ1) is 13.7.